The molecule has 8 nitrogen and oxygen atoms in total. The van der Waals surface area contributed by atoms with Crippen LogP contribution in [0.2, 0.25) is 0 Å². The van der Waals surface area contributed by atoms with Crippen LogP contribution in [0.5, 0.6) is 0 Å². The van der Waals surface area contributed by atoms with E-state index in [2.05, 4.69) is 20.0 Å². The lowest BCUT2D eigenvalue weighted by atomic mass is 9.91. The van der Waals surface area contributed by atoms with Gasteiger partial charge in [-0.2, -0.15) is 44.5 Å². The standard InChI is InChI=1S/C19H18F9N7O/c20-17(21,22)11-5-12(18(23,24)25)34-16(33-11)9(6-29)15(31)35-13(36)7-32-10-4-2-1-3-8(10)14(30)19(26,27)28/h5-6H,1-4,7,29-30H2,(H2,31,35,36). The predicted octanol–water partition coefficient (Wildman–Crippen LogP) is 3.49. The number of nitrogens with zero attached hydrogens (tertiary/aromatic N) is 4. The van der Waals surface area contributed by atoms with E-state index in [1.807, 2.05) is 0 Å². The van der Waals surface area contributed by atoms with Gasteiger partial charge in [0.25, 0.3) is 5.91 Å². The molecule has 198 valence electrons. The highest BCUT2D eigenvalue weighted by atomic mass is 19.4. The number of hydrogen-bond acceptors (Lipinski definition) is 6. The lowest BCUT2D eigenvalue weighted by Crippen LogP contribution is -2.26. The molecule has 1 fully saturated rings. The number of carbonyl (C=O) groups is 1. The van der Waals surface area contributed by atoms with Crippen molar-refractivity contribution in [3.8, 4) is 0 Å². The number of nitrogens with two attached hydrogens (primary N) is 3. The maximum atomic E-state index is 13.0. The molecule has 1 aromatic heterocycles. The summed E-state index contributed by atoms with van der Waals surface area (Å²) in [4.78, 5) is 25.2. The molecule has 1 heterocycles. The lowest BCUT2D eigenvalue weighted by Gasteiger charge is -2.20. The Labute approximate surface area is 196 Å². The number of amides is 1. The van der Waals surface area contributed by atoms with Crippen molar-refractivity contribution < 1.29 is 44.3 Å². The summed E-state index contributed by atoms with van der Waals surface area (Å²) in [6.45, 7) is -0.834. The van der Waals surface area contributed by atoms with Crippen LogP contribution in [0.3, 0.4) is 0 Å². The van der Waals surface area contributed by atoms with Crippen molar-refractivity contribution in [3.05, 3.63) is 40.7 Å². The summed E-state index contributed by atoms with van der Waals surface area (Å²) in [6.07, 6.45) is -14.0. The minimum atomic E-state index is -5.29. The summed E-state index contributed by atoms with van der Waals surface area (Å²) >= 11 is 0. The Morgan fingerprint density at radius 3 is 1.94 bits per heavy atom. The van der Waals surface area contributed by atoms with Crippen molar-refractivity contribution in [2.45, 2.75) is 44.2 Å². The Kier molecular flexibility index (Phi) is 8.36. The van der Waals surface area contributed by atoms with Gasteiger partial charge in [-0.3, -0.25) is 9.79 Å². The van der Waals surface area contributed by atoms with Crippen molar-refractivity contribution >= 4 is 23.0 Å². The van der Waals surface area contributed by atoms with E-state index in [1.165, 1.54) is 0 Å². The van der Waals surface area contributed by atoms with Crippen molar-refractivity contribution in [2.24, 2.45) is 27.2 Å². The van der Waals surface area contributed by atoms with E-state index >= 15 is 0 Å². The number of carbonyl (C=O) groups excluding carboxylic acids is 1. The highest BCUT2D eigenvalue weighted by Gasteiger charge is 2.40. The van der Waals surface area contributed by atoms with Crippen LogP contribution in [0.4, 0.5) is 39.5 Å². The van der Waals surface area contributed by atoms with Crippen molar-refractivity contribution in [1.82, 2.24) is 9.97 Å². The van der Waals surface area contributed by atoms with Crippen LogP contribution in [0.1, 0.15) is 42.9 Å². The van der Waals surface area contributed by atoms with Gasteiger partial charge in [0.2, 0.25) is 0 Å². The second kappa shape index (κ2) is 10.5. The number of aliphatic imine (C=N–C) groups is 2. The van der Waals surface area contributed by atoms with Gasteiger partial charge in [-0.25, -0.2) is 9.97 Å². The van der Waals surface area contributed by atoms with Gasteiger partial charge < -0.3 is 17.2 Å². The Bertz CT molecular complexity index is 1100. The molecule has 1 aliphatic carbocycles. The molecule has 0 radical (unpaired) electrons. The molecular formula is C19H18F9N7O. The van der Waals surface area contributed by atoms with Crippen molar-refractivity contribution in [2.75, 3.05) is 6.54 Å². The monoisotopic (exact) mass is 531 g/mol. The zero-order chi connectivity index (χ0) is 27.5. The van der Waals surface area contributed by atoms with Gasteiger partial charge in [0, 0.05) is 17.5 Å². The molecule has 6 N–H and O–H groups in total. The zero-order valence-corrected chi connectivity index (χ0v) is 18.0. The Morgan fingerprint density at radius 2 is 1.47 bits per heavy atom. The molecular weight excluding hydrogens is 513 g/mol. The molecule has 36 heavy (non-hydrogen) atoms. The summed E-state index contributed by atoms with van der Waals surface area (Å²) in [6, 6.07) is -0.325. The molecule has 1 saturated carbocycles. The van der Waals surface area contributed by atoms with Crippen LogP contribution in [0.25, 0.3) is 5.57 Å². The first-order valence-corrected chi connectivity index (χ1v) is 9.87. The fourth-order valence-corrected chi connectivity index (χ4v) is 3.05. The lowest BCUT2D eigenvalue weighted by molar-refractivity contribution is -0.147. The summed E-state index contributed by atoms with van der Waals surface area (Å²) in [5.41, 5.74) is 9.49. The van der Waals surface area contributed by atoms with Gasteiger partial charge in [-0.05, 0) is 31.7 Å². The van der Waals surface area contributed by atoms with Gasteiger partial charge in [0.05, 0.1) is 5.57 Å². The molecule has 1 aromatic rings. The Balaban J connectivity index is 2.38. The average molecular weight is 531 g/mol. The first-order chi connectivity index (χ1) is 16.4. The maximum Gasteiger partial charge on any atom is 0.433 e. The van der Waals surface area contributed by atoms with E-state index in [1.54, 1.807) is 0 Å². The van der Waals surface area contributed by atoms with E-state index in [0.29, 0.717) is 19.0 Å². The van der Waals surface area contributed by atoms with Gasteiger partial charge in [0.15, 0.2) is 5.82 Å². The summed E-state index contributed by atoms with van der Waals surface area (Å²) < 4.78 is 117. The van der Waals surface area contributed by atoms with Crippen LogP contribution >= 0.6 is 0 Å². The quantitative estimate of drug-likeness (QED) is 0.308. The van der Waals surface area contributed by atoms with Gasteiger partial charge in [0.1, 0.15) is 29.5 Å². The van der Waals surface area contributed by atoms with Crippen molar-refractivity contribution in [1.29, 1.82) is 0 Å². The molecule has 2 rings (SSSR count). The van der Waals surface area contributed by atoms with Gasteiger partial charge in [-0.15, -0.1) is 0 Å². The van der Waals surface area contributed by atoms with Crippen molar-refractivity contribution in [3.63, 3.8) is 0 Å². The number of hydrogen-bond donors (Lipinski definition) is 3. The number of rotatable bonds is 4. The number of amidine groups is 1. The topological polar surface area (TPSA) is 146 Å². The summed E-state index contributed by atoms with van der Waals surface area (Å²) in [5, 5.41) is 0. The van der Waals surface area contributed by atoms with Crippen LogP contribution in [0, 0.1) is 0 Å². The molecule has 0 aliphatic heterocycles. The molecule has 17 heteroatoms. The average Bonchev–Trinajstić information content (AvgIpc) is 2.76. The Hall–Kier alpha value is -3.66. The number of halogens is 9. The SMILES string of the molecule is NC=C(C(N)=NC(=O)CN=C1CCCCC1=C(N)C(F)(F)F)c1nc(C(F)(F)F)cc(C(F)(F)F)n1. The molecule has 0 atom stereocenters. The van der Waals surface area contributed by atoms with E-state index in [-0.39, 0.29) is 30.2 Å². The minimum Gasteiger partial charge on any atom is -0.404 e. The van der Waals surface area contributed by atoms with Crippen LogP contribution in [-0.4, -0.2) is 40.1 Å². The zero-order valence-electron chi connectivity index (χ0n) is 18.0. The largest absolute Gasteiger partial charge is 0.433 e. The number of allylic oxidation sites excluding steroid dienone is 2. The second-order valence-corrected chi connectivity index (χ2v) is 7.29. The summed E-state index contributed by atoms with van der Waals surface area (Å²) in [7, 11) is 0. The van der Waals surface area contributed by atoms with Crippen LogP contribution in [0.15, 0.2) is 33.5 Å². The smallest absolute Gasteiger partial charge is 0.404 e. The molecule has 0 aromatic carbocycles. The highest BCUT2D eigenvalue weighted by Crippen LogP contribution is 2.34. The van der Waals surface area contributed by atoms with E-state index < -0.39 is 65.3 Å². The maximum absolute atomic E-state index is 13.0. The molecule has 0 saturated heterocycles. The predicted molar refractivity (Wildman–Crippen MR) is 109 cm³/mol. The molecule has 0 unspecified atom stereocenters. The molecule has 1 aliphatic rings. The Morgan fingerprint density at radius 1 is 0.944 bits per heavy atom. The number of aromatic nitrogens is 2. The normalized spacial score (nSPS) is 19.0. The van der Waals surface area contributed by atoms with Crippen LogP contribution in [-0.2, 0) is 17.1 Å². The first kappa shape index (κ1) is 28.6. The van der Waals surface area contributed by atoms with E-state index in [9.17, 15) is 44.3 Å². The third-order valence-corrected chi connectivity index (χ3v) is 4.71. The second-order valence-electron chi connectivity index (χ2n) is 7.29. The molecule has 1 amide bonds. The van der Waals surface area contributed by atoms with Gasteiger partial charge in [-0.1, -0.05) is 0 Å². The molecule has 0 bridgehead atoms. The third-order valence-electron chi connectivity index (χ3n) is 4.71. The number of alkyl halides is 9. The molecule has 0 spiro atoms. The third kappa shape index (κ3) is 7.17. The fourth-order valence-electron chi connectivity index (χ4n) is 3.05. The van der Waals surface area contributed by atoms with E-state index in [4.69, 9.17) is 17.2 Å². The van der Waals surface area contributed by atoms with Gasteiger partial charge >= 0.3 is 18.5 Å². The first-order valence-electron chi connectivity index (χ1n) is 9.87. The highest BCUT2D eigenvalue weighted by molar-refractivity contribution is 6.23. The van der Waals surface area contributed by atoms with E-state index in [0.717, 1.165) is 0 Å². The minimum absolute atomic E-state index is 0.0295. The summed E-state index contributed by atoms with van der Waals surface area (Å²) in [5.74, 6) is -3.34. The fraction of sp³-hybridized carbons (Fsp3) is 0.421. The van der Waals surface area contributed by atoms with Crippen LogP contribution < -0.4 is 17.2 Å².